The Hall–Kier alpha value is -0.210. The third-order valence-electron chi connectivity index (χ3n) is 3.58. The van der Waals surface area contributed by atoms with E-state index in [9.17, 15) is 8.42 Å². The van der Waals surface area contributed by atoms with Crippen molar-refractivity contribution in [3.8, 4) is 0 Å². The summed E-state index contributed by atoms with van der Waals surface area (Å²) in [7, 11) is 1.38. The third-order valence-corrected chi connectivity index (χ3v) is 4.53. The summed E-state index contributed by atoms with van der Waals surface area (Å²) in [6, 6.07) is 0. The quantitative estimate of drug-likeness (QED) is 0.540. The molecule has 0 aromatic rings. The summed E-state index contributed by atoms with van der Waals surface area (Å²) in [6.07, 6.45) is 1.28. The second-order valence-corrected chi connectivity index (χ2v) is 8.13. The topological polar surface area (TPSA) is 55.9 Å². The van der Waals surface area contributed by atoms with E-state index in [4.69, 9.17) is 0 Å². The Morgan fingerprint density at radius 2 is 1.55 bits per heavy atom. The first-order valence-electron chi connectivity index (χ1n) is 7.35. The summed E-state index contributed by atoms with van der Waals surface area (Å²) in [4.78, 5) is 7.17. The van der Waals surface area contributed by atoms with Gasteiger partial charge in [-0.25, -0.2) is 8.42 Å². The van der Waals surface area contributed by atoms with E-state index in [1.165, 1.54) is 6.26 Å². The Balaban J connectivity index is 2.02. The van der Waals surface area contributed by atoms with Crippen molar-refractivity contribution in [3.63, 3.8) is 0 Å². The van der Waals surface area contributed by atoms with E-state index in [0.29, 0.717) is 6.54 Å². The normalized spacial score (nSPS) is 18.8. The lowest BCUT2D eigenvalue weighted by molar-refractivity contribution is 0.126. The van der Waals surface area contributed by atoms with Gasteiger partial charge in [-0.05, 0) is 14.1 Å². The van der Waals surface area contributed by atoms with Crippen LogP contribution in [-0.4, -0.2) is 108 Å². The number of rotatable bonds is 9. The summed E-state index contributed by atoms with van der Waals surface area (Å²) < 4.78 is 22.0. The molecule has 0 atom stereocenters. The molecule has 7 heteroatoms. The van der Waals surface area contributed by atoms with Gasteiger partial charge >= 0.3 is 0 Å². The van der Waals surface area contributed by atoms with Gasteiger partial charge in [0, 0.05) is 65.2 Å². The van der Waals surface area contributed by atoms with Crippen LogP contribution in [0.25, 0.3) is 0 Å². The van der Waals surface area contributed by atoms with Crippen LogP contribution in [0.4, 0.5) is 0 Å². The second kappa shape index (κ2) is 8.94. The highest BCUT2D eigenvalue weighted by Gasteiger charge is 2.15. The molecule has 0 saturated carbocycles. The van der Waals surface area contributed by atoms with Crippen molar-refractivity contribution in [2.24, 2.45) is 0 Å². The average Bonchev–Trinajstić information content (AvgIpc) is 2.36. The number of sulfone groups is 1. The van der Waals surface area contributed by atoms with Crippen LogP contribution in [0.5, 0.6) is 0 Å². The minimum atomic E-state index is -2.84. The highest BCUT2D eigenvalue weighted by molar-refractivity contribution is 7.90. The van der Waals surface area contributed by atoms with Crippen LogP contribution in [0.1, 0.15) is 0 Å². The van der Waals surface area contributed by atoms with Gasteiger partial charge in [-0.1, -0.05) is 0 Å². The maximum absolute atomic E-state index is 11.0. The molecule has 1 heterocycles. The Bertz CT molecular complexity index is 351. The Morgan fingerprint density at radius 3 is 2.05 bits per heavy atom. The minimum Gasteiger partial charge on any atom is -0.314 e. The molecule has 0 bridgehead atoms. The van der Waals surface area contributed by atoms with Gasteiger partial charge in [-0.3, -0.25) is 9.80 Å². The average molecular weight is 306 g/mol. The molecule has 0 amide bonds. The number of nitrogens with one attached hydrogen (secondary N) is 1. The molecule has 1 fully saturated rings. The van der Waals surface area contributed by atoms with E-state index in [1.54, 1.807) is 0 Å². The van der Waals surface area contributed by atoms with Crippen LogP contribution >= 0.6 is 0 Å². The van der Waals surface area contributed by atoms with E-state index in [0.717, 1.165) is 52.4 Å². The lowest BCUT2D eigenvalue weighted by Gasteiger charge is -2.35. The molecular formula is C13H30N4O2S. The zero-order valence-corrected chi connectivity index (χ0v) is 14.0. The Labute approximate surface area is 124 Å². The van der Waals surface area contributed by atoms with Crippen molar-refractivity contribution in [1.29, 1.82) is 0 Å². The van der Waals surface area contributed by atoms with E-state index >= 15 is 0 Å². The van der Waals surface area contributed by atoms with Crippen LogP contribution in [-0.2, 0) is 9.84 Å². The van der Waals surface area contributed by atoms with Crippen molar-refractivity contribution in [3.05, 3.63) is 0 Å². The van der Waals surface area contributed by atoms with Crippen LogP contribution in [0, 0.1) is 0 Å². The van der Waals surface area contributed by atoms with Gasteiger partial charge in [0.2, 0.25) is 0 Å². The van der Waals surface area contributed by atoms with Crippen molar-refractivity contribution in [2.45, 2.75) is 0 Å². The molecule has 0 spiro atoms. The fourth-order valence-corrected chi connectivity index (χ4v) is 2.71. The molecule has 1 rings (SSSR count). The first-order valence-corrected chi connectivity index (χ1v) is 9.41. The minimum absolute atomic E-state index is 0.227. The molecule has 20 heavy (non-hydrogen) atoms. The molecule has 1 aliphatic heterocycles. The second-order valence-electron chi connectivity index (χ2n) is 5.87. The molecular weight excluding hydrogens is 276 g/mol. The number of hydrogen-bond acceptors (Lipinski definition) is 6. The number of likely N-dealkylation sites (N-methyl/N-ethyl adjacent to an activating group) is 1. The van der Waals surface area contributed by atoms with Gasteiger partial charge in [0.1, 0.15) is 9.84 Å². The first-order chi connectivity index (χ1) is 9.37. The highest BCUT2D eigenvalue weighted by Crippen LogP contribution is 2.00. The Morgan fingerprint density at radius 1 is 1.00 bits per heavy atom. The van der Waals surface area contributed by atoms with E-state index < -0.39 is 9.84 Å². The number of hydrogen-bond donors (Lipinski definition) is 1. The van der Waals surface area contributed by atoms with Crippen LogP contribution in [0.15, 0.2) is 0 Å². The van der Waals surface area contributed by atoms with Gasteiger partial charge in [0.15, 0.2) is 0 Å². The van der Waals surface area contributed by atoms with Crippen LogP contribution < -0.4 is 5.32 Å². The smallest absolute Gasteiger partial charge is 0.148 e. The first kappa shape index (κ1) is 17.8. The summed E-state index contributed by atoms with van der Waals surface area (Å²) in [5.41, 5.74) is 0. The van der Waals surface area contributed by atoms with Gasteiger partial charge < -0.3 is 10.2 Å². The Kier molecular flexibility index (Phi) is 7.98. The van der Waals surface area contributed by atoms with Crippen LogP contribution in [0.2, 0.25) is 0 Å². The molecule has 6 nitrogen and oxygen atoms in total. The maximum atomic E-state index is 11.0. The largest absolute Gasteiger partial charge is 0.314 e. The molecule has 0 aromatic heterocycles. The van der Waals surface area contributed by atoms with Gasteiger partial charge in [0.05, 0.1) is 5.75 Å². The molecule has 0 aliphatic carbocycles. The van der Waals surface area contributed by atoms with Gasteiger partial charge in [0.25, 0.3) is 0 Å². The van der Waals surface area contributed by atoms with E-state index in [1.807, 2.05) is 0 Å². The molecule has 1 aliphatic rings. The summed E-state index contributed by atoms with van der Waals surface area (Å²) in [6.45, 7) is 9.19. The van der Waals surface area contributed by atoms with E-state index in [-0.39, 0.29) is 5.75 Å². The standard InChI is InChI=1S/C13H30N4O2S/c1-15(2)7-8-17-11-9-16(10-12-17)6-4-14-5-13-20(3,18)19/h14H,4-13H2,1-3H3. The van der Waals surface area contributed by atoms with Crippen molar-refractivity contribution in [2.75, 3.05) is 85.0 Å². The zero-order chi connectivity index (χ0) is 15.0. The van der Waals surface area contributed by atoms with Crippen LogP contribution in [0.3, 0.4) is 0 Å². The lowest BCUT2D eigenvalue weighted by atomic mass is 10.3. The maximum Gasteiger partial charge on any atom is 0.148 e. The molecule has 1 N–H and O–H groups in total. The van der Waals surface area contributed by atoms with Crippen molar-refractivity contribution >= 4 is 9.84 Å². The lowest BCUT2D eigenvalue weighted by Crippen LogP contribution is -2.49. The summed E-state index contributed by atoms with van der Waals surface area (Å²) in [5.74, 6) is 0.227. The predicted molar refractivity (Wildman–Crippen MR) is 84.0 cm³/mol. The third kappa shape index (κ3) is 8.86. The fraction of sp³-hybridized carbons (Fsp3) is 1.00. The van der Waals surface area contributed by atoms with Crippen molar-refractivity contribution < 1.29 is 8.42 Å². The number of nitrogens with zero attached hydrogens (tertiary/aromatic N) is 3. The van der Waals surface area contributed by atoms with Crippen molar-refractivity contribution in [1.82, 2.24) is 20.0 Å². The SMILES string of the molecule is CN(C)CCN1CCN(CCNCCS(C)(=O)=O)CC1. The zero-order valence-electron chi connectivity index (χ0n) is 13.1. The summed E-state index contributed by atoms with van der Waals surface area (Å²) in [5, 5.41) is 3.20. The molecule has 1 saturated heterocycles. The van der Waals surface area contributed by atoms with E-state index in [2.05, 4.69) is 34.1 Å². The highest BCUT2D eigenvalue weighted by atomic mass is 32.2. The fourth-order valence-electron chi connectivity index (χ4n) is 2.20. The predicted octanol–water partition coefficient (Wildman–Crippen LogP) is -1.20. The monoisotopic (exact) mass is 306 g/mol. The van der Waals surface area contributed by atoms with Gasteiger partial charge in [-0.15, -0.1) is 0 Å². The number of piperazine rings is 1. The summed E-state index contributed by atoms with van der Waals surface area (Å²) >= 11 is 0. The molecule has 0 aromatic carbocycles. The molecule has 120 valence electrons. The molecule has 0 radical (unpaired) electrons. The molecule has 0 unspecified atom stereocenters. The van der Waals surface area contributed by atoms with Gasteiger partial charge in [-0.2, -0.15) is 0 Å².